The summed E-state index contributed by atoms with van der Waals surface area (Å²) in [7, 11) is 0. The molecule has 1 aliphatic rings. The lowest BCUT2D eigenvalue weighted by molar-refractivity contribution is 0.0531. The highest BCUT2D eigenvalue weighted by Gasteiger charge is 2.26. The molecule has 0 aliphatic carbocycles. The van der Waals surface area contributed by atoms with Crippen LogP contribution in [0.5, 0.6) is 0 Å². The molecule has 90 valence electrons. The number of nitrogens with one attached hydrogen (secondary N) is 2. The summed E-state index contributed by atoms with van der Waals surface area (Å²) in [6.45, 7) is 4.94. The number of hydrogen-bond acceptors (Lipinski definition) is 4. The third-order valence-electron chi connectivity index (χ3n) is 3.10. The fourth-order valence-corrected chi connectivity index (χ4v) is 2.22. The number of aromatic amines is 1. The van der Waals surface area contributed by atoms with E-state index in [0.29, 0.717) is 12.0 Å². The van der Waals surface area contributed by atoms with Gasteiger partial charge in [0, 0.05) is 13.2 Å². The fourth-order valence-electron chi connectivity index (χ4n) is 2.22. The second kappa shape index (κ2) is 5.96. The predicted octanol–water partition coefficient (Wildman–Crippen LogP) is 1.27. The van der Waals surface area contributed by atoms with Crippen molar-refractivity contribution in [2.45, 2.75) is 32.2 Å². The highest BCUT2D eigenvalue weighted by molar-refractivity contribution is 5.02. The summed E-state index contributed by atoms with van der Waals surface area (Å²) < 4.78 is 5.40. The summed E-state index contributed by atoms with van der Waals surface area (Å²) in [5, 5.41) is 14.4. The molecule has 2 heterocycles. The van der Waals surface area contributed by atoms with Crippen LogP contribution in [0.15, 0.2) is 6.20 Å². The van der Waals surface area contributed by atoms with E-state index in [1.165, 1.54) is 0 Å². The van der Waals surface area contributed by atoms with Crippen molar-refractivity contribution in [1.82, 2.24) is 20.7 Å². The maximum absolute atomic E-state index is 5.40. The van der Waals surface area contributed by atoms with Crippen molar-refractivity contribution in [3.63, 3.8) is 0 Å². The number of rotatable bonds is 5. The molecular weight excluding hydrogens is 204 g/mol. The zero-order valence-electron chi connectivity index (χ0n) is 9.78. The van der Waals surface area contributed by atoms with E-state index < -0.39 is 0 Å². The molecule has 1 unspecified atom stereocenters. The lowest BCUT2D eigenvalue weighted by Gasteiger charge is -2.29. The number of hydrogen-bond donors (Lipinski definition) is 2. The Morgan fingerprint density at radius 1 is 1.56 bits per heavy atom. The Hall–Kier alpha value is -0.940. The van der Waals surface area contributed by atoms with Crippen LogP contribution >= 0.6 is 0 Å². The van der Waals surface area contributed by atoms with Crippen LogP contribution in [-0.2, 0) is 4.74 Å². The molecule has 2 N–H and O–H groups in total. The highest BCUT2D eigenvalue weighted by atomic mass is 16.5. The van der Waals surface area contributed by atoms with E-state index in [1.807, 2.05) is 6.20 Å². The van der Waals surface area contributed by atoms with E-state index in [9.17, 15) is 0 Å². The molecule has 1 aromatic heterocycles. The summed E-state index contributed by atoms with van der Waals surface area (Å²) in [6.07, 6.45) is 5.17. The first-order valence-electron chi connectivity index (χ1n) is 6.08. The molecule has 2 rings (SSSR count). The van der Waals surface area contributed by atoms with Gasteiger partial charge in [-0.2, -0.15) is 15.4 Å². The Kier molecular flexibility index (Phi) is 4.30. The molecule has 0 amide bonds. The maximum atomic E-state index is 5.40. The first-order valence-corrected chi connectivity index (χ1v) is 6.08. The third-order valence-corrected chi connectivity index (χ3v) is 3.10. The van der Waals surface area contributed by atoms with Gasteiger partial charge in [-0.15, -0.1) is 0 Å². The Bertz CT molecular complexity index is 282. The van der Waals surface area contributed by atoms with E-state index in [4.69, 9.17) is 4.74 Å². The lowest BCUT2D eigenvalue weighted by atomic mass is 9.90. The van der Waals surface area contributed by atoms with Gasteiger partial charge in [-0.3, -0.25) is 0 Å². The standard InChI is InChI=1S/C11H20N4O/c1-2-5-12-11(10-8-13-15-14-10)9-3-6-16-7-4-9/h8-9,11-12H,2-7H2,1H3,(H,13,14,15). The number of H-pyrrole nitrogens is 1. The van der Waals surface area contributed by atoms with E-state index in [-0.39, 0.29) is 0 Å². The van der Waals surface area contributed by atoms with Crippen LogP contribution in [0.4, 0.5) is 0 Å². The SMILES string of the molecule is CCCNC(c1cn[nH]n1)C1CCOCC1. The number of nitrogens with zero attached hydrogens (tertiary/aromatic N) is 2. The minimum atomic E-state index is 0.322. The monoisotopic (exact) mass is 224 g/mol. The first kappa shape index (κ1) is 11.5. The molecule has 16 heavy (non-hydrogen) atoms. The average Bonchev–Trinajstić information content (AvgIpc) is 2.85. The largest absolute Gasteiger partial charge is 0.381 e. The van der Waals surface area contributed by atoms with Crippen molar-refractivity contribution in [1.29, 1.82) is 0 Å². The fraction of sp³-hybridized carbons (Fsp3) is 0.818. The smallest absolute Gasteiger partial charge is 0.0996 e. The lowest BCUT2D eigenvalue weighted by Crippen LogP contribution is -2.32. The summed E-state index contributed by atoms with van der Waals surface area (Å²) >= 11 is 0. The molecule has 0 spiro atoms. The van der Waals surface area contributed by atoms with Gasteiger partial charge in [0.2, 0.25) is 0 Å². The Morgan fingerprint density at radius 3 is 3.00 bits per heavy atom. The van der Waals surface area contributed by atoms with Crippen molar-refractivity contribution in [2.75, 3.05) is 19.8 Å². The Morgan fingerprint density at radius 2 is 2.38 bits per heavy atom. The Balaban J connectivity index is 2.01. The highest BCUT2D eigenvalue weighted by Crippen LogP contribution is 2.28. The minimum Gasteiger partial charge on any atom is -0.381 e. The molecule has 1 aliphatic heterocycles. The van der Waals surface area contributed by atoms with Gasteiger partial charge >= 0.3 is 0 Å². The van der Waals surface area contributed by atoms with Crippen molar-refractivity contribution in [3.05, 3.63) is 11.9 Å². The van der Waals surface area contributed by atoms with Crippen LogP contribution in [0.25, 0.3) is 0 Å². The molecule has 1 saturated heterocycles. The Labute approximate surface area is 96.0 Å². The van der Waals surface area contributed by atoms with Crippen LogP contribution in [0.2, 0.25) is 0 Å². The zero-order valence-corrected chi connectivity index (χ0v) is 9.78. The second-order valence-electron chi connectivity index (χ2n) is 4.28. The van der Waals surface area contributed by atoms with Gasteiger partial charge < -0.3 is 10.1 Å². The van der Waals surface area contributed by atoms with Gasteiger partial charge in [0.1, 0.15) is 0 Å². The van der Waals surface area contributed by atoms with Crippen molar-refractivity contribution < 1.29 is 4.74 Å². The zero-order chi connectivity index (χ0) is 11.2. The molecule has 5 heteroatoms. The number of ether oxygens (including phenoxy) is 1. The summed E-state index contributed by atoms with van der Waals surface area (Å²) in [5.74, 6) is 0.616. The van der Waals surface area contributed by atoms with Crippen LogP contribution in [0, 0.1) is 5.92 Å². The van der Waals surface area contributed by atoms with E-state index in [2.05, 4.69) is 27.7 Å². The summed E-state index contributed by atoms with van der Waals surface area (Å²) in [4.78, 5) is 0. The topological polar surface area (TPSA) is 62.8 Å². The summed E-state index contributed by atoms with van der Waals surface area (Å²) in [5.41, 5.74) is 1.03. The quantitative estimate of drug-likeness (QED) is 0.790. The predicted molar refractivity (Wildman–Crippen MR) is 61.0 cm³/mol. The average molecular weight is 224 g/mol. The van der Waals surface area contributed by atoms with Crippen LogP contribution in [-0.4, -0.2) is 35.2 Å². The van der Waals surface area contributed by atoms with Crippen molar-refractivity contribution in [2.24, 2.45) is 5.92 Å². The van der Waals surface area contributed by atoms with Crippen LogP contribution < -0.4 is 5.32 Å². The third kappa shape index (κ3) is 2.80. The van der Waals surface area contributed by atoms with Crippen LogP contribution in [0.1, 0.15) is 37.9 Å². The molecule has 5 nitrogen and oxygen atoms in total. The summed E-state index contributed by atoms with van der Waals surface area (Å²) in [6, 6.07) is 0.322. The first-order chi connectivity index (χ1) is 7.92. The molecule has 1 fully saturated rings. The van der Waals surface area contributed by atoms with Gasteiger partial charge in [-0.25, -0.2) is 0 Å². The molecular formula is C11H20N4O. The van der Waals surface area contributed by atoms with Gasteiger partial charge in [-0.1, -0.05) is 6.92 Å². The molecule has 0 saturated carbocycles. The van der Waals surface area contributed by atoms with Gasteiger partial charge in [0.15, 0.2) is 0 Å². The van der Waals surface area contributed by atoms with E-state index in [1.54, 1.807) is 0 Å². The molecule has 0 aromatic carbocycles. The second-order valence-corrected chi connectivity index (χ2v) is 4.28. The maximum Gasteiger partial charge on any atom is 0.0996 e. The van der Waals surface area contributed by atoms with E-state index >= 15 is 0 Å². The van der Waals surface area contributed by atoms with Gasteiger partial charge in [-0.05, 0) is 31.7 Å². The molecule has 0 bridgehead atoms. The van der Waals surface area contributed by atoms with Crippen LogP contribution in [0.3, 0.4) is 0 Å². The van der Waals surface area contributed by atoms with Gasteiger partial charge in [0.25, 0.3) is 0 Å². The number of aromatic nitrogens is 3. The molecule has 0 radical (unpaired) electrons. The molecule has 1 aromatic rings. The van der Waals surface area contributed by atoms with Crippen molar-refractivity contribution in [3.8, 4) is 0 Å². The van der Waals surface area contributed by atoms with Gasteiger partial charge in [0.05, 0.1) is 17.9 Å². The minimum absolute atomic E-state index is 0.322. The molecule has 1 atom stereocenters. The normalized spacial score (nSPS) is 19.8. The van der Waals surface area contributed by atoms with Crippen molar-refractivity contribution >= 4 is 0 Å². The van der Waals surface area contributed by atoms with E-state index in [0.717, 1.165) is 44.7 Å².